The number of nitrogens with zero attached hydrogens (tertiary/aromatic N) is 1. The zero-order chi connectivity index (χ0) is 17.6. The first kappa shape index (κ1) is 17.3. The molecule has 0 saturated heterocycles. The molecule has 0 aromatic heterocycles. The highest BCUT2D eigenvalue weighted by atomic mass is 16.3. The summed E-state index contributed by atoms with van der Waals surface area (Å²) in [5.41, 5.74) is 2.07. The smallest absolute Gasteiger partial charge is 0.261 e. The molecule has 2 aromatic rings. The quantitative estimate of drug-likeness (QED) is 0.569. The second kappa shape index (κ2) is 8.05. The molecule has 0 bridgehead atoms. The van der Waals surface area contributed by atoms with Crippen LogP contribution in [-0.2, 0) is 6.42 Å². The lowest BCUT2D eigenvalue weighted by Gasteiger charge is -2.15. The van der Waals surface area contributed by atoms with Crippen molar-refractivity contribution in [1.29, 1.82) is 0 Å². The van der Waals surface area contributed by atoms with Crippen molar-refractivity contribution in [2.45, 2.75) is 18.9 Å². The first-order valence-electron chi connectivity index (χ1n) is 8.55. The van der Waals surface area contributed by atoms with E-state index in [-0.39, 0.29) is 11.8 Å². The normalized spacial score (nSPS) is 14.7. The summed E-state index contributed by atoms with van der Waals surface area (Å²) in [5, 5.41) is 13.2. The lowest BCUT2D eigenvalue weighted by molar-refractivity contribution is 0.0654. The van der Waals surface area contributed by atoms with E-state index in [9.17, 15) is 14.7 Å². The standard InChI is InChI=1S/C20H22N2O3/c23-16(14-15-6-2-1-3-7-15)10-11-21-12-13-22-19(24)17-8-4-5-9-18(17)20(22)25/h1-9,16,21,23H,10-14H2. The van der Waals surface area contributed by atoms with Crippen LogP contribution in [0.2, 0.25) is 0 Å². The molecule has 25 heavy (non-hydrogen) atoms. The summed E-state index contributed by atoms with van der Waals surface area (Å²) in [5.74, 6) is -0.460. The molecule has 5 nitrogen and oxygen atoms in total. The molecule has 1 unspecified atom stereocenters. The van der Waals surface area contributed by atoms with E-state index in [1.165, 1.54) is 4.90 Å². The molecule has 1 aliphatic rings. The van der Waals surface area contributed by atoms with Gasteiger partial charge in [-0.3, -0.25) is 14.5 Å². The van der Waals surface area contributed by atoms with Gasteiger partial charge in [0, 0.05) is 13.1 Å². The van der Waals surface area contributed by atoms with Gasteiger partial charge in [-0.05, 0) is 37.1 Å². The van der Waals surface area contributed by atoms with E-state index in [1.54, 1.807) is 24.3 Å². The molecule has 2 N–H and O–H groups in total. The third kappa shape index (κ3) is 4.13. The van der Waals surface area contributed by atoms with Crippen LogP contribution in [0.15, 0.2) is 54.6 Å². The minimum Gasteiger partial charge on any atom is -0.393 e. The van der Waals surface area contributed by atoms with Crippen LogP contribution < -0.4 is 5.32 Å². The largest absolute Gasteiger partial charge is 0.393 e. The number of aliphatic hydroxyl groups excluding tert-OH is 1. The Labute approximate surface area is 147 Å². The Morgan fingerprint density at radius 1 is 0.880 bits per heavy atom. The van der Waals surface area contributed by atoms with Crippen molar-refractivity contribution < 1.29 is 14.7 Å². The summed E-state index contributed by atoms with van der Waals surface area (Å²) in [7, 11) is 0. The average Bonchev–Trinajstić information content (AvgIpc) is 2.87. The van der Waals surface area contributed by atoms with Crippen LogP contribution in [0, 0.1) is 0 Å². The lowest BCUT2D eigenvalue weighted by atomic mass is 10.1. The highest BCUT2D eigenvalue weighted by Crippen LogP contribution is 2.21. The summed E-state index contributed by atoms with van der Waals surface area (Å²) in [6, 6.07) is 16.8. The number of carbonyl (C=O) groups excluding carboxylic acids is 2. The van der Waals surface area contributed by atoms with Gasteiger partial charge in [0.2, 0.25) is 0 Å². The van der Waals surface area contributed by atoms with Crippen LogP contribution in [0.5, 0.6) is 0 Å². The van der Waals surface area contributed by atoms with Crippen molar-refractivity contribution in [3.05, 3.63) is 71.3 Å². The van der Waals surface area contributed by atoms with Crippen LogP contribution >= 0.6 is 0 Å². The molecule has 2 aromatic carbocycles. The zero-order valence-corrected chi connectivity index (χ0v) is 14.0. The molecule has 1 atom stereocenters. The summed E-state index contributed by atoms with van der Waals surface area (Å²) in [4.78, 5) is 25.7. The molecular weight excluding hydrogens is 316 g/mol. The van der Waals surface area contributed by atoms with Crippen molar-refractivity contribution in [2.75, 3.05) is 19.6 Å². The van der Waals surface area contributed by atoms with Crippen LogP contribution in [-0.4, -0.2) is 47.6 Å². The molecule has 2 amide bonds. The minimum atomic E-state index is -0.408. The SMILES string of the molecule is O=C1c2ccccc2C(=O)N1CCNCCC(O)Cc1ccccc1. The number of aliphatic hydroxyl groups is 1. The molecule has 0 aliphatic carbocycles. The molecule has 5 heteroatoms. The van der Waals surface area contributed by atoms with Gasteiger partial charge in [0.25, 0.3) is 11.8 Å². The van der Waals surface area contributed by atoms with E-state index < -0.39 is 6.10 Å². The third-order valence-electron chi connectivity index (χ3n) is 4.36. The number of fused-ring (bicyclic) bond motifs is 1. The van der Waals surface area contributed by atoms with Gasteiger partial charge < -0.3 is 10.4 Å². The monoisotopic (exact) mass is 338 g/mol. The molecule has 130 valence electrons. The van der Waals surface area contributed by atoms with Gasteiger partial charge in [-0.25, -0.2) is 0 Å². The molecule has 3 rings (SSSR count). The Balaban J connectivity index is 1.38. The number of imide groups is 1. The zero-order valence-electron chi connectivity index (χ0n) is 14.0. The van der Waals surface area contributed by atoms with Crippen LogP contribution in [0.25, 0.3) is 0 Å². The predicted octanol–water partition coefficient (Wildman–Crippen LogP) is 1.87. The number of benzene rings is 2. The number of hydrogen-bond acceptors (Lipinski definition) is 4. The van der Waals surface area contributed by atoms with E-state index in [1.807, 2.05) is 30.3 Å². The number of carbonyl (C=O) groups is 2. The van der Waals surface area contributed by atoms with Gasteiger partial charge in [-0.15, -0.1) is 0 Å². The van der Waals surface area contributed by atoms with E-state index >= 15 is 0 Å². The minimum absolute atomic E-state index is 0.230. The highest BCUT2D eigenvalue weighted by Gasteiger charge is 2.34. The van der Waals surface area contributed by atoms with Crippen LogP contribution in [0.4, 0.5) is 0 Å². The van der Waals surface area contributed by atoms with Crippen molar-refractivity contribution >= 4 is 11.8 Å². The Hall–Kier alpha value is -2.50. The second-order valence-corrected chi connectivity index (χ2v) is 6.19. The van der Waals surface area contributed by atoms with Gasteiger partial charge in [0.05, 0.1) is 17.2 Å². The third-order valence-corrected chi connectivity index (χ3v) is 4.36. The summed E-state index contributed by atoms with van der Waals surface area (Å²) < 4.78 is 0. The van der Waals surface area contributed by atoms with Crippen molar-refractivity contribution in [1.82, 2.24) is 10.2 Å². The Morgan fingerprint density at radius 3 is 2.12 bits per heavy atom. The molecular formula is C20H22N2O3. The van der Waals surface area contributed by atoms with E-state index in [0.29, 0.717) is 43.6 Å². The van der Waals surface area contributed by atoms with Gasteiger partial charge in [-0.2, -0.15) is 0 Å². The fraction of sp³-hybridized carbons (Fsp3) is 0.300. The van der Waals surface area contributed by atoms with Gasteiger partial charge in [-0.1, -0.05) is 42.5 Å². The average molecular weight is 338 g/mol. The van der Waals surface area contributed by atoms with Crippen molar-refractivity contribution in [3.8, 4) is 0 Å². The number of rotatable bonds is 8. The Morgan fingerprint density at radius 2 is 1.48 bits per heavy atom. The maximum atomic E-state index is 12.2. The summed E-state index contributed by atoms with van der Waals surface area (Å²) in [6.07, 6.45) is 0.840. The number of amides is 2. The van der Waals surface area contributed by atoms with Gasteiger partial charge >= 0.3 is 0 Å². The molecule has 1 heterocycles. The van der Waals surface area contributed by atoms with Crippen LogP contribution in [0.1, 0.15) is 32.7 Å². The fourth-order valence-corrected chi connectivity index (χ4v) is 3.01. The van der Waals surface area contributed by atoms with E-state index in [0.717, 1.165) is 5.56 Å². The van der Waals surface area contributed by atoms with Crippen molar-refractivity contribution in [2.24, 2.45) is 0 Å². The Bertz CT molecular complexity index is 711. The first-order valence-corrected chi connectivity index (χ1v) is 8.55. The maximum absolute atomic E-state index is 12.2. The highest BCUT2D eigenvalue weighted by molar-refractivity contribution is 6.21. The van der Waals surface area contributed by atoms with Crippen LogP contribution in [0.3, 0.4) is 0 Å². The molecule has 1 aliphatic heterocycles. The van der Waals surface area contributed by atoms with E-state index in [4.69, 9.17) is 0 Å². The summed E-state index contributed by atoms with van der Waals surface area (Å²) >= 11 is 0. The second-order valence-electron chi connectivity index (χ2n) is 6.19. The lowest BCUT2D eigenvalue weighted by Crippen LogP contribution is -2.37. The molecule has 0 saturated carbocycles. The predicted molar refractivity (Wildman–Crippen MR) is 95.4 cm³/mol. The number of nitrogens with one attached hydrogen (secondary N) is 1. The molecule has 0 spiro atoms. The summed E-state index contributed by atoms with van der Waals surface area (Å²) in [6.45, 7) is 1.49. The fourth-order valence-electron chi connectivity index (χ4n) is 3.01. The van der Waals surface area contributed by atoms with Gasteiger partial charge in [0.1, 0.15) is 0 Å². The topological polar surface area (TPSA) is 69.6 Å². The number of hydrogen-bond donors (Lipinski definition) is 2. The van der Waals surface area contributed by atoms with E-state index in [2.05, 4.69) is 5.32 Å². The first-order chi connectivity index (χ1) is 12.2. The Kier molecular flexibility index (Phi) is 5.58. The molecule has 0 radical (unpaired) electrons. The maximum Gasteiger partial charge on any atom is 0.261 e. The molecule has 0 fully saturated rings. The van der Waals surface area contributed by atoms with Gasteiger partial charge in [0.15, 0.2) is 0 Å². The van der Waals surface area contributed by atoms with Crippen molar-refractivity contribution in [3.63, 3.8) is 0 Å².